The Hall–Kier alpha value is -4.14. The van der Waals surface area contributed by atoms with Gasteiger partial charge in [-0.15, -0.1) is 0 Å². The van der Waals surface area contributed by atoms with Gasteiger partial charge in [0, 0.05) is 38.3 Å². The number of amides is 1. The molecular formula is C24H24F3NO11. The van der Waals surface area contributed by atoms with Crippen LogP contribution in [0.15, 0.2) is 33.5 Å². The van der Waals surface area contributed by atoms with Crippen molar-refractivity contribution in [2.24, 2.45) is 0 Å². The zero-order valence-corrected chi connectivity index (χ0v) is 21.0. The molecule has 1 N–H and O–H groups in total. The van der Waals surface area contributed by atoms with E-state index in [4.69, 9.17) is 28.1 Å². The number of fused-ring (bicyclic) bond motifs is 1. The number of alkyl halides is 3. The lowest BCUT2D eigenvalue weighted by atomic mass is 9.96. The average molecular weight is 559 g/mol. The maximum atomic E-state index is 13.2. The van der Waals surface area contributed by atoms with Gasteiger partial charge in [0.15, 0.2) is 12.2 Å². The van der Waals surface area contributed by atoms with Crippen molar-refractivity contribution in [1.82, 2.24) is 5.32 Å². The van der Waals surface area contributed by atoms with Crippen LogP contribution < -0.4 is 15.7 Å². The van der Waals surface area contributed by atoms with Gasteiger partial charge in [0.05, 0.1) is 0 Å². The van der Waals surface area contributed by atoms with Crippen LogP contribution in [0.4, 0.5) is 13.2 Å². The number of carbonyl (C=O) groups excluding carboxylic acids is 4. The molecule has 5 atom stereocenters. The van der Waals surface area contributed by atoms with Gasteiger partial charge in [-0.05, 0) is 24.6 Å². The molecule has 1 amide bonds. The smallest absolute Gasteiger partial charge is 0.463 e. The number of nitrogens with one attached hydrogen (secondary N) is 1. The van der Waals surface area contributed by atoms with Crippen molar-refractivity contribution in [2.45, 2.75) is 64.5 Å². The summed E-state index contributed by atoms with van der Waals surface area (Å²) in [5, 5.41) is 2.20. The van der Waals surface area contributed by atoms with E-state index < -0.39 is 72.9 Å². The van der Waals surface area contributed by atoms with E-state index in [9.17, 15) is 37.1 Å². The molecule has 0 spiro atoms. The summed E-state index contributed by atoms with van der Waals surface area (Å²) in [6.45, 7) is 4.05. The van der Waals surface area contributed by atoms with Gasteiger partial charge in [-0.1, -0.05) is 0 Å². The molecule has 0 saturated carbocycles. The summed E-state index contributed by atoms with van der Waals surface area (Å²) in [5.41, 5.74) is -0.00502. The summed E-state index contributed by atoms with van der Waals surface area (Å²) in [5.74, 6) is -5.21. The molecule has 212 valence electrons. The number of esters is 3. The van der Waals surface area contributed by atoms with Crippen molar-refractivity contribution in [3.05, 3.63) is 40.2 Å². The number of halogens is 3. The normalized spacial score (nSPS) is 23.0. The molecule has 0 aliphatic carbocycles. The van der Waals surface area contributed by atoms with Gasteiger partial charge in [-0.3, -0.25) is 19.2 Å². The van der Waals surface area contributed by atoms with Gasteiger partial charge < -0.3 is 33.4 Å². The standard InChI is InChI=1S/C24H24F3NO11/c1-10-7-18(32)38-16-8-14(5-6-15(10)16)37-22-19(28-23(33)24(25,26)27)21(36-13(4)31)20(35-12(3)30)17(39-22)9-34-11(2)29/h5-8,17,19-22H,9H2,1-4H3,(H,28,33)/t17-,19-,20-,21-,22-/m1/s1. The first-order valence-corrected chi connectivity index (χ1v) is 11.4. The van der Waals surface area contributed by atoms with Gasteiger partial charge in [0.1, 0.15) is 30.1 Å². The Balaban J connectivity index is 2.08. The van der Waals surface area contributed by atoms with E-state index in [1.807, 2.05) is 0 Å². The maximum Gasteiger partial charge on any atom is 0.471 e. The van der Waals surface area contributed by atoms with E-state index in [0.29, 0.717) is 10.9 Å². The van der Waals surface area contributed by atoms with Crippen LogP contribution in [0.2, 0.25) is 0 Å². The fourth-order valence-electron chi connectivity index (χ4n) is 3.90. The van der Waals surface area contributed by atoms with Gasteiger partial charge in [0.25, 0.3) is 0 Å². The molecular weight excluding hydrogens is 535 g/mol. The van der Waals surface area contributed by atoms with Crippen LogP contribution in [-0.2, 0) is 38.1 Å². The lowest BCUT2D eigenvalue weighted by molar-refractivity contribution is -0.258. The molecule has 1 saturated heterocycles. The fraction of sp³-hybridized carbons (Fsp3) is 0.458. The SMILES string of the molecule is CC(=O)OC[C@H]1O[C@@H](Oc2ccc3c(C)cc(=O)oc3c2)[C@H](NC(=O)C(F)(F)F)[C@@H](OC(C)=O)[C@@H]1OC(C)=O. The van der Waals surface area contributed by atoms with Crippen molar-refractivity contribution < 1.29 is 60.5 Å². The first-order valence-electron chi connectivity index (χ1n) is 11.4. The zero-order valence-electron chi connectivity index (χ0n) is 21.0. The quantitative estimate of drug-likeness (QED) is 0.299. The second-order valence-corrected chi connectivity index (χ2v) is 8.51. The number of rotatable bonds is 7. The average Bonchev–Trinajstić information content (AvgIpc) is 2.79. The molecule has 1 aliphatic rings. The first-order chi connectivity index (χ1) is 18.1. The highest BCUT2D eigenvalue weighted by Crippen LogP contribution is 2.31. The minimum atomic E-state index is -5.36. The van der Waals surface area contributed by atoms with Crippen LogP contribution in [0.1, 0.15) is 26.3 Å². The van der Waals surface area contributed by atoms with E-state index in [-0.39, 0.29) is 11.3 Å². The molecule has 1 aromatic carbocycles. The minimum Gasteiger partial charge on any atom is -0.463 e. The summed E-state index contributed by atoms with van der Waals surface area (Å²) >= 11 is 0. The fourth-order valence-corrected chi connectivity index (χ4v) is 3.90. The third-order valence-corrected chi connectivity index (χ3v) is 5.43. The second-order valence-electron chi connectivity index (χ2n) is 8.51. The van der Waals surface area contributed by atoms with Crippen LogP contribution in [0, 0.1) is 6.92 Å². The predicted octanol–water partition coefficient (Wildman–Crippen LogP) is 1.68. The third-order valence-electron chi connectivity index (χ3n) is 5.43. The van der Waals surface area contributed by atoms with Crippen LogP contribution in [0.3, 0.4) is 0 Å². The zero-order chi connectivity index (χ0) is 29.1. The van der Waals surface area contributed by atoms with Crippen LogP contribution in [-0.4, -0.2) is 67.2 Å². The van der Waals surface area contributed by atoms with Crippen molar-refractivity contribution in [3.8, 4) is 5.75 Å². The van der Waals surface area contributed by atoms with Crippen molar-refractivity contribution in [2.75, 3.05) is 6.61 Å². The van der Waals surface area contributed by atoms with Crippen LogP contribution >= 0.6 is 0 Å². The molecule has 0 bridgehead atoms. The number of hydrogen-bond acceptors (Lipinski definition) is 11. The number of benzene rings is 1. The van der Waals surface area contributed by atoms with Crippen LogP contribution in [0.25, 0.3) is 11.0 Å². The molecule has 0 unspecified atom stereocenters. The molecule has 15 heteroatoms. The molecule has 1 aliphatic heterocycles. The van der Waals surface area contributed by atoms with Crippen LogP contribution in [0.5, 0.6) is 5.75 Å². The van der Waals surface area contributed by atoms with E-state index in [0.717, 1.165) is 20.8 Å². The Bertz CT molecular complexity index is 1320. The minimum absolute atomic E-state index is 0.0775. The van der Waals surface area contributed by atoms with E-state index >= 15 is 0 Å². The first kappa shape index (κ1) is 29.4. The molecule has 1 fully saturated rings. The molecule has 3 rings (SSSR count). The highest BCUT2D eigenvalue weighted by molar-refractivity contribution is 5.82. The van der Waals surface area contributed by atoms with Crippen molar-refractivity contribution in [3.63, 3.8) is 0 Å². The number of hydrogen-bond donors (Lipinski definition) is 1. The van der Waals surface area contributed by atoms with E-state index in [1.54, 1.807) is 12.2 Å². The number of ether oxygens (including phenoxy) is 5. The van der Waals surface area contributed by atoms with Gasteiger partial charge in [-0.25, -0.2) is 4.79 Å². The van der Waals surface area contributed by atoms with Crippen molar-refractivity contribution >= 4 is 34.8 Å². The topological polar surface area (TPSA) is 157 Å². The summed E-state index contributed by atoms with van der Waals surface area (Å²) in [4.78, 5) is 58.9. The van der Waals surface area contributed by atoms with Crippen molar-refractivity contribution in [1.29, 1.82) is 0 Å². The Morgan fingerprint density at radius 2 is 1.62 bits per heavy atom. The largest absolute Gasteiger partial charge is 0.471 e. The predicted molar refractivity (Wildman–Crippen MR) is 122 cm³/mol. The van der Waals surface area contributed by atoms with E-state index in [1.165, 1.54) is 24.3 Å². The van der Waals surface area contributed by atoms with Gasteiger partial charge in [-0.2, -0.15) is 13.2 Å². The monoisotopic (exact) mass is 559 g/mol. The maximum absolute atomic E-state index is 13.2. The van der Waals surface area contributed by atoms with Gasteiger partial charge >= 0.3 is 35.6 Å². The number of aryl methyl sites for hydroxylation is 1. The molecule has 2 heterocycles. The summed E-state index contributed by atoms with van der Waals surface area (Å²) in [6, 6.07) is 3.53. The molecule has 0 radical (unpaired) electrons. The van der Waals surface area contributed by atoms with Gasteiger partial charge in [0.2, 0.25) is 6.29 Å². The Morgan fingerprint density at radius 1 is 0.974 bits per heavy atom. The Kier molecular flexibility index (Phi) is 8.84. The summed E-state index contributed by atoms with van der Waals surface area (Å²) in [6.07, 6.45) is -12.0. The second kappa shape index (κ2) is 11.7. The molecule has 12 nitrogen and oxygen atoms in total. The Morgan fingerprint density at radius 3 is 2.21 bits per heavy atom. The molecule has 2 aromatic rings. The highest BCUT2D eigenvalue weighted by Gasteiger charge is 2.54. The Labute approximate surface area is 218 Å². The lowest BCUT2D eigenvalue weighted by Crippen LogP contribution is -2.68. The summed E-state index contributed by atoms with van der Waals surface area (Å²) < 4.78 is 71.5. The molecule has 1 aromatic heterocycles. The van der Waals surface area contributed by atoms with E-state index in [2.05, 4.69) is 0 Å². The lowest BCUT2D eigenvalue weighted by Gasteiger charge is -2.44. The summed E-state index contributed by atoms with van der Waals surface area (Å²) in [7, 11) is 0. The molecule has 39 heavy (non-hydrogen) atoms. The third kappa shape index (κ3) is 7.46. The highest BCUT2D eigenvalue weighted by atomic mass is 19.4. The number of carbonyl (C=O) groups is 4.